The molecule has 0 aromatic carbocycles. The summed E-state index contributed by atoms with van der Waals surface area (Å²) >= 11 is 0. The van der Waals surface area contributed by atoms with Crippen LogP contribution in [0, 0.1) is 5.92 Å². The van der Waals surface area contributed by atoms with Gasteiger partial charge in [-0.1, -0.05) is 11.6 Å². The maximum atomic E-state index is 10.5. The topological polar surface area (TPSA) is 43.1 Å². The van der Waals surface area contributed by atoms with Crippen molar-refractivity contribution in [3.8, 4) is 0 Å². The Hall–Kier alpha value is -0.790. The summed E-state index contributed by atoms with van der Waals surface area (Å²) in [5.41, 5.74) is 6.06. The molecule has 2 nitrogen and oxygen atoms in total. The van der Waals surface area contributed by atoms with E-state index in [0.717, 1.165) is 5.57 Å². The Kier molecular flexibility index (Phi) is 2.99. The molecule has 52 valence electrons. The molecule has 2 N–H and O–H groups in total. The van der Waals surface area contributed by atoms with E-state index in [1.165, 1.54) is 0 Å². The largest absolute Gasteiger partial charge is 0.369 e. The van der Waals surface area contributed by atoms with Crippen LogP contribution in [-0.4, -0.2) is 5.91 Å². The fourth-order valence-electron chi connectivity index (χ4n) is 0.474. The van der Waals surface area contributed by atoms with E-state index < -0.39 is 0 Å². The van der Waals surface area contributed by atoms with Crippen molar-refractivity contribution >= 4 is 5.91 Å². The minimum Gasteiger partial charge on any atom is -0.369 e. The molecule has 1 unspecified atom stereocenters. The molecule has 0 aliphatic heterocycles. The molecule has 1 atom stereocenters. The quantitative estimate of drug-likeness (QED) is 0.554. The summed E-state index contributed by atoms with van der Waals surface area (Å²) in [5, 5.41) is 0. The van der Waals surface area contributed by atoms with Crippen molar-refractivity contribution in [3.63, 3.8) is 0 Å². The van der Waals surface area contributed by atoms with Crippen LogP contribution in [0.25, 0.3) is 0 Å². The minimum absolute atomic E-state index is 0.116. The highest BCUT2D eigenvalue weighted by atomic mass is 16.1. The summed E-state index contributed by atoms with van der Waals surface area (Å²) in [6.45, 7) is 5.60. The van der Waals surface area contributed by atoms with Crippen LogP contribution in [0.5, 0.6) is 0 Å². The number of allylic oxidation sites excluding steroid dienone is 1. The number of hydrogen-bond acceptors (Lipinski definition) is 1. The Morgan fingerprint density at radius 1 is 1.67 bits per heavy atom. The van der Waals surface area contributed by atoms with Gasteiger partial charge in [0, 0.05) is 0 Å². The number of primary amides is 1. The second-order valence-electron chi connectivity index (χ2n) is 2.16. The number of amides is 1. The smallest absolute Gasteiger partial charge is 0.224 e. The maximum absolute atomic E-state index is 10.5. The molecule has 0 spiro atoms. The zero-order chi connectivity index (χ0) is 7.44. The zero-order valence-electron chi connectivity index (χ0n) is 6.14. The third kappa shape index (κ3) is 2.31. The third-order valence-corrected chi connectivity index (χ3v) is 1.57. The van der Waals surface area contributed by atoms with E-state index in [-0.39, 0.29) is 11.8 Å². The molecule has 0 saturated carbocycles. The van der Waals surface area contributed by atoms with Gasteiger partial charge in [-0.25, -0.2) is 0 Å². The van der Waals surface area contributed by atoms with Crippen molar-refractivity contribution in [1.29, 1.82) is 0 Å². The molecule has 0 radical (unpaired) electrons. The van der Waals surface area contributed by atoms with Gasteiger partial charge in [0.2, 0.25) is 5.91 Å². The molecule has 0 saturated heterocycles. The summed E-state index contributed by atoms with van der Waals surface area (Å²) in [6, 6.07) is 0. The second-order valence-corrected chi connectivity index (χ2v) is 2.16. The lowest BCUT2D eigenvalue weighted by Crippen LogP contribution is -2.21. The van der Waals surface area contributed by atoms with Crippen LogP contribution < -0.4 is 5.73 Å². The van der Waals surface area contributed by atoms with Crippen LogP contribution in [0.1, 0.15) is 20.8 Å². The predicted octanol–water partition coefficient (Wildman–Crippen LogP) is 1.07. The first kappa shape index (κ1) is 8.21. The Morgan fingerprint density at radius 2 is 2.11 bits per heavy atom. The number of hydrogen-bond donors (Lipinski definition) is 1. The fraction of sp³-hybridized carbons (Fsp3) is 0.571. The Bertz CT molecular complexity index is 138. The van der Waals surface area contributed by atoms with E-state index in [2.05, 4.69) is 0 Å². The van der Waals surface area contributed by atoms with E-state index >= 15 is 0 Å². The summed E-state index contributed by atoms with van der Waals surface area (Å²) in [5.74, 6) is -0.374. The van der Waals surface area contributed by atoms with Gasteiger partial charge in [0.1, 0.15) is 0 Å². The van der Waals surface area contributed by atoms with Gasteiger partial charge < -0.3 is 5.73 Å². The molecule has 9 heavy (non-hydrogen) atoms. The number of nitrogens with two attached hydrogens (primary N) is 1. The van der Waals surface area contributed by atoms with E-state index in [1.54, 1.807) is 6.92 Å². The van der Waals surface area contributed by atoms with E-state index in [1.807, 2.05) is 19.9 Å². The predicted molar refractivity (Wildman–Crippen MR) is 37.8 cm³/mol. The molecule has 0 aromatic heterocycles. The summed E-state index contributed by atoms with van der Waals surface area (Å²) < 4.78 is 0. The van der Waals surface area contributed by atoms with Crippen molar-refractivity contribution < 1.29 is 4.79 Å². The molecule has 0 bridgehead atoms. The van der Waals surface area contributed by atoms with Crippen molar-refractivity contribution in [1.82, 2.24) is 0 Å². The van der Waals surface area contributed by atoms with E-state index in [9.17, 15) is 4.79 Å². The summed E-state index contributed by atoms with van der Waals surface area (Å²) in [4.78, 5) is 10.5. The number of carbonyl (C=O) groups excluding carboxylic acids is 1. The van der Waals surface area contributed by atoms with Crippen LogP contribution in [-0.2, 0) is 4.79 Å². The first-order chi connectivity index (χ1) is 4.09. The summed E-state index contributed by atoms with van der Waals surface area (Å²) in [6.07, 6.45) is 1.90. The van der Waals surface area contributed by atoms with Crippen molar-refractivity contribution in [3.05, 3.63) is 11.6 Å². The van der Waals surface area contributed by atoms with Crippen molar-refractivity contribution in [2.45, 2.75) is 20.8 Å². The maximum Gasteiger partial charge on any atom is 0.224 e. The second kappa shape index (κ2) is 3.28. The lowest BCUT2D eigenvalue weighted by Gasteiger charge is -2.04. The SMILES string of the molecule is C/C=C(\C)C(C)C(N)=O. The number of carbonyl (C=O) groups is 1. The lowest BCUT2D eigenvalue weighted by molar-refractivity contribution is -0.120. The lowest BCUT2D eigenvalue weighted by atomic mass is 10.0. The van der Waals surface area contributed by atoms with E-state index in [4.69, 9.17) is 5.73 Å². The monoisotopic (exact) mass is 127 g/mol. The molecular formula is C7H13NO. The first-order valence-corrected chi connectivity index (χ1v) is 3.01. The molecule has 0 aliphatic carbocycles. The van der Waals surface area contributed by atoms with Gasteiger partial charge in [0.05, 0.1) is 5.92 Å². The fourth-order valence-corrected chi connectivity index (χ4v) is 0.474. The van der Waals surface area contributed by atoms with Gasteiger partial charge >= 0.3 is 0 Å². The van der Waals surface area contributed by atoms with Gasteiger partial charge in [-0.15, -0.1) is 0 Å². The Labute approximate surface area is 55.7 Å². The van der Waals surface area contributed by atoms with Crippen LogP contribution in [0.2, 0.25) is 0 Å². The first-order valence-electron chi connectivity index (χ1n) is 3.01. The normalized spacial score (nSPS) is 15.2. The van der Waals surface area contributed by atoms with Crippen LogP contribution in [0.15, 0.2) is 11.6 Å². The van der Waals surface area contributed by atoms with Gasteiger partial charge in [0.25, 0.3) is 0 Å². The molecule has 0 aliphatic rings. The molecule has 0 aromatic rings. The molecule has 1 amide bonds. The highest BCUT2D eigenvalue weighted by Gasteiger charge is 2.08. The van der Waals surface area contributed by atoms with Gasteiger partial charge in [0.15, 0.2) is 0 Å². The van der Waals surface area contributed by atoms with Gasteiger partial charge in [-0.2, -0.15) is 0 Å². The Balaban J connectivity index is 4.04. The van der Waals surface area contributed by atoms with Crippen LogP contribution in [0.3, 0.4) is 0 Å². The zero-order valence-corrected chi connectivity index (χ0v) is 6.14. The average Bonchev–Trinajstić information content (AvgIpc) is 1.84. The van der Waals surface area contributed by atoms with Crippen molar-refractivity contribution in [2.75, 3.05) is 0 Å². The van der Waals surface area contributed by atoms with Crippen molar-refractivity contribution in [2.24, 2.45) is 11.7 Å². The summed E-state index contributed by atoms with van der Waals surface area (Å²) in [7, 11) is 0. The highest BCUT2D eigenvalue weighted by molar-refractivity contribution is 5.79. The van der Waals surface area contributed by atoms with Gasteiger partial charge in [-0.3, -0.25) is 4.79 Å². The van der Waals surface area contributed by atoms with E-state index in [0.29, 0.717) is 0 Å². The highest BCUT2D eigenvalue weighted by Crippen LogP contribution is 2.06. The third-order valence-electron chi connectivity index (χ3n) is 1.57. The molecular weight excluding hydrogens is 114 g/mol. The molecule has 0 fully saturated rings. The molecule has 0 rings (SSSR count). The number of rotatable bonds is 2. The molecule has 0 heterocycles. The van der Waals surface area contributed by atoms with Crippen LogP contribution in [0.4, 0.5) is 0 Å². The van der Waals surface area contributed by atoms with Crippen LogP contribution >= 0.6 is 0 Å². The molecule has 2 heteroatoms. The average molecular weight is 127 g/mol. The Morgan fingerprint density at radius 3 is 2.22 bits per heavy atom. The van der Waals surface area contributed by atoms with Gasteiger partial charge in [-0.05, 0) is 20.8 Å². The standard InChI is InChI=1S/C7H13NO/c1-4-5(2)6(3)7(8)9/h4,6H,1-3H3,(H2,8,9)/b5-4+. The minimum atomic E-state index is -0.259.